The molecule has 0 atom stereocenters. The van der Waals surface area contributed by atoms with Crippen molar-refractivity contribution in [3.05, 3.63) is 27.6 Å². The number of hydrogen-bond donors (Lipinski definition) is 1. The zero-order chi connectivity index (χ0) is 17.1. The number of thiophene rings is 1. The Bertz CT molecular complexity index is 820. The number of amides is 2. The van der Waals surface area contributed by atoms with Gasteiger partial charge in [0.1, 0.15) is 11.4 Å². The molecule has 2 aromatic heterocycles. The molecule has 0 bridgehead atoms. The van der Waals surface area contributed by atoms with Crippen LogP contribution in [-0.2, 0) is 16.1 Å². The second-order valence-electron chi connectivity index (χ2n) is 5.97. The number of rotatable bonds is 4. The van der Waals surface area contributed by atoms with Gasteiger partial charge in [-0.05, 0) is 32.3 Å². The van der Waals surface area contributed by atoms with Crippen molar-refractivity contribution in [1.82, 2.24) is 19.8 Å². The zero-order valence-corrected chi connectivity index (χ0v) is 14.4. The van der Waals surface area contributed by atoms with E-state index in [2.05, 4.69) is 10.3 Å². The van der Waals surface area contributed by atoms with E-state index < -0.39 is 0 Å². The molecule has 1 aliphatic rings. The van der Waals surface area contributed by atoms with E-state index in [1.807, 2.05) is 6.92 Å². The average molecular weight is 348 g/mol. The summed E-state index contributed by atoms with van der Waals surface area (Å²) in [6.07, 6.45) is 4.56. The van der Waals surface area contributed by atoms with E-state index in [1.54, 1.807) is 11.0 Å². The quantitative estimate of drug-likeness (QED) is 0.889. The molecule has 1 N–H and O–H groups in total. The van der Waals surface area contributed by atoms with Crippen molar-refractivity contribution < 1.29 is 9.59 Å². The van der Waals surface area contributed by atoms with Crippen LogP contribution >= 0.6 is 11.3 Å². The van der Waals surface area contributed by atoms with Crippen LogP contribution in [-0.4, -0.2) is 45.9 Å². The van der Waals surface area contributed by atoms with Gasteiger partial charge in [-0.1, -0.05) is 0 Å². The Morgan fingerprint density at radius 1 is 1.29 bits per heavy atom. The lowest BCUT2D eigenvalue weighted by Gasteiger charge is -2.26. The first-order valence-corrected chi connectivity index (χ1v) is 8.86. The standard InChI is InChI=1S/C16H20N4O3S/c1-11-7-12-15(24-11)18-10-20(16(12)23)9-13(21)17-8-14(22)19-5-3-2-4-6-19/h7,10H,2-6,8-9H2,1H3,(H,17,21). The van der Waals surface area contributed by atoms with E-state index in [0.717, 1.165) is 37.2 Å². The number of carbonyl (C=O) groups is 2. The van der Waals surface area contributed by atoms with Crippen LogP contribution in [0.3, 0.4) is 0 Å². The van der Waals surface area contributed by atoms with Gasteiger partial charge in [-0.2, -0.15) is 0 Å². The van der Waals surface area contributed by atoms with Crippen LogP contribution in [0, 0.1) is 6.92 Å². The van der Waals surface area contributed by atoms with Crippen molar-refractivity contribution in [1.29, 1.82) is 0 Å². The number of aromatic nitrogens is 2. The van der Waals surface area contributed by atoms with Gasteiger partial charge in [0.2, 0.25) is 11.8 Å². The average Bonchev–Trinajstić information content (AvgIpc) is 2.97. The predicted molar refractivity (Wildman–Crippen MR) is 92.1 cm³/mol. The number of piperidine rings is 1. The molecule has 0 aliphatic carbocycles. The summed E-state index contributed by atoms with van der Waals surface area (Å²) < 4.78 is 1.27. The number of likely N-dealkylation sites (tertiary alicyclic amines) is 1. The van der Waals surface area contributed by atoms with E-state index in [4.69, 9.17) is 0 Å². The summed E-state index contributed by atoms with van der Waals surface area (Å²) in [4.78, 5) is 44.1. The third-order valence-electron chi connectivity index (χ3n) is 4.10. The summed E-state index contributed by atoms with van der Waals surface area (Å²) in [6, 6.07) is 1.78. The molecule has 0 saturated carbocycles. The van der Waals surface area contributed by atoms with Gasteiger partial charge < -0.3 is 10.2 Å². The van der Waals surface area contributed by atoms with Gasteiger partial charge >= 0.3 is 0 Å². The van der Waals surface area contributed by atoms with Gasteiger partial charge in [0.25, 0.3) is 5.56 Å². The van der Waals surface area contributed by atoms with Crippen LogP contribution in [0.5, 0.6) is 0 Å². The fourth-order valence-corrected chi connectivity index (χ4v) is 3.67. The Morgan fingerprint density at radius 3 is 2.79 bits per heavy atom. The minimum absolute atomic E-state index is 0.0270. The SMILES string of the molecule is Cc1cc2c(=O)n(CC(=O)NCC(=O)N3CCCCC3)cnc2s1. The molecule has 2 amide bonds. The van der Waals surface area contributed by atoms with Gasteiger partial charge in [0.15, 0.2) is 0 Å². The third kappa shape index (κ3) is 3.64. The third-order valence-corrected chi connectivity index (χ3v) is 5.06. The lowest BCUT2D eigenvalue weighted by Crippen LogP contribution is -2.43. The number of nitrogens with zero attached hydrogens (tertiary/aromatic N) is 3. The topological polar surface area (TPSA) is 84.3 Å². The Morgan fingerprint density at radius 2 is 2.04 bits per heavy atom. The first-order chi connectivity index (χ1) is 11.5. The fourth-order valence-electron chi connectivity index (χ4n) is 2.83. The van der Waals surface area contributed by atoms with Gasteiger partial charge in [0, 0.05) is 18.0 Å². The number of nitrogens with one attached hydrogen (secondary N) is 1. The molecule has 128 valence electrons. The highest BCUT2D eigenvalue weighted by Crippen LogP contribution is 2.19. The summed E-state index contributed by atoms with van der Waals surface area (Å²) >= 11 is 1.45. The van der Waals surface area contributed by atoms with Gasteiger partial charge in [-0.25, -0.2) is 4.98 Å². The van der Waals surface area contributed by atoms with E-state index in [-0.39, 0.29) is 30.5 Å². The summed E-state index contributed by atoms with van der Waals surface area (Å²) in [5.74, 6) is -0.437. The molecule has 1 aliphatic heterocycles. The maximum atomic E-state index is 12.3. The van der Waals surface area contributed by atoms with E-state index in [9.17, 15) is 14.4 Å². The molecule has 3 heterocycles. The van der Waals surface area contributed by atoms with Crippen LogP contribution in [0.4, 0.5) is 0 Å². The van der Waals surface area contributed by atoms with Crippen molar-refractivity contribution in [2.45, 2.75) is 32.7 Å². The van der Waals surface area contributed by atoms with Crippen molar-refractivity contribution in [2.24, 2.45) is 0 Å². The van der Waals surface area contributed by atoms with E-state index >= 15 is 0 Å². The molecule has 3 rings (SSSR count). The minimum Gasteiger partial charge on any atom is -0.345 e. The number of fused-ring (bicyclic) bond motifs is 1. The lowest BCUT2D eigenvalue weighted by atomic mass is 10.1. The molecule has 1 fully saturated rings. The smallest absolute Gasteiger partial charge is 0.262 e. The minimum atomic E-state index is -0.365. The molecule has 24 heavy (non-hydrogen) atoms. The van der Waals surface area contributed by atoms with Gasteiger partial charge in [-0.3, -0.25) is 19.0 Å². The largest absolute Gasteiger partial charge is 0.345 e. The monoisotopic (exact) mass is 348 g/mol. The van der Waals surface area contributed by atoms with Crippen molar-refractivity contribution in [3.63, 3.8) is 0 Å². The van der Waals surface area contributed by atoms with Crippen LogP contribution in [0.2, 0.25) is 0 Å². The molecule has 8 heteroatoms. The second kappa shape index (κ2) is 7.12. The maximum Gasteiger partial charge on any atom is 0.262 e. The van der Waals surface area contributed by atoms with Gasteiger partial charge in [-0.15, -0.1) is 11.3 Å². The zero-order valence-electron chi connectivity index (χ0n) is 13.6. The molecular weight excluding hydrogens is 328 g/mol. The summed E-state index contributed by atoms with van der Waals surface area (Å²) in [5.41, 5.74) is -0.234. The highest BCUT2D eigenvalue weighted by Gasteiger charge is 2.17. The Balaban J connectivity index is 1.59. The van der Waals surface area contributed by atoms with E-state index in [1.165, 1.54) is 22.2 Å². The number of aryl methyl sites for hydroxylation is 1. The first-order valence-electron chi connectivity index (χ1n) is 8.04. The molecule has 0 radical (unpaired) electrons. The predicted octanol–water partition coefficient (Wildman–Crippen LogP) is 0.895. The van der Waals surface area contributed by atoms with Crippen molar-refractivity contribution in [2.75, 3.05) is 19.6 Å². The summed E-state index contributed by atoms with van der Waals surface area (Å²) in [6.45, 7) is 3.26. The highest BCUT2D eigenvalue weighted by molar-refractivity contribution is 7.18. The Hall–Kier alpha value is -2.22. The molecule has 0 spiro atoms. The molecule has 2 aromatic rings. The number of carbonyl (C=O) groups excluding carboxylic acids is 2. The van der Waals surface area contributed by atoms with Crippen LogP contribution in [0.1, 0.15) is 24.1 Å². The van der Waals surface area contributed by atoms with Crippen molar-refractivity contribution >= 4 is 33.4 Å². The number of hydrogen-bond acceptors (Lipinski definition) is 5. The normalized spacial score (nSPS) is 14.8. The first kappa shape index (κ1) is 16.6. The van der Waals surface area contributed by atoms with Crippen LogP contribution in [0.15, 0.2) is 17.2 Å². The van der Waals surface area contributed by atoms with E-state index in [0.29, 0.717) is 10.2 Å². The maximum absolute atomic E-state index is 12.3. The summed E-state index contributed by atoms with van der Waals surface area (Å²) in [5, 5.41) is 3.12. The van der Waals surface area contributed by atoms with Crippen LogP contribution in [0.25, 0.3) is 10.2 Å². The lowest BCUT2D eigenvalue weighted by molar-refractivity contribution is -0.133. The molecule has 7 nitrogen and oxygen atoms in total. The second-order valence-corrected chi connectivity index (χ2v) is 7.21. The van der Waals surface area contributed by atoms with Crippen molar-refractivity contribution in [3.8, 4) is 0 Å². The molecular formula is C16H20N4O3S. The summed E-state index contributed by atoms with van der Waals surface area (Å²) in [7, 11) is 0. The Labute approximate surface area is 143 Å². The molecule has 0 unspecified atom stereocenters. The van der Waals surface area contributed by atoms with Gasteiger partial charge in [0.05, 0.1) is 18.3 Å². The fraction of sp³-hybridized carbons (Fsp3) is 0.500. The Kier molecular flexibility index (Phi) is 4.94. The highest BCUT2D eigenvalue weighted by atomic mass is 32.1. The van der Waals surface area contributed by atoms with Crippen LogP contribution < -0.4 is 10.9 Å². The molecule has 1 saturated heterocycles. The molecule has 0 aromatic carbocycles.